The maximum Gasteiger partial charge on any atom is 0.224 e. The van der Waals surface area contributed by atoms with E-state index < -0.39 is 0 Å². The molecule has 1 saturated carbocycles. The molecule has 2 fully saturated rings. The predicted octanol–water partition coefficient (Wildman–Crippen LogP) is 1.48. The molecule has 2 rings (SSSR count). The zero-order valence-electron chi connectivity index (χ0n) is 7.25. The van der Waals surface area contributed by atoms with Gasteiger partial charge in [0.1, 0.15) is 0 Å². The molecular formula is C10H15NO. The predicted molar refractivity (Wildman–Crippen MR) is 47.6 cm³/mol. The van der Waals surface area contributed by atoms with Crippen LogP contribution in [0, 0.1) is 11.8 Å². The Balaban J connectivity index is 2.10. The summed E-state index contributed by atoms with van der Waals surface area (Å²) in [4.78, 5) is 11.4. The van der Waals surface area contributed by atoms with Crippen molar-refractivity contribution in [2.75, 3.05) is 0 Å². The molecule has 12 heavy (non-hydrogen) atoms. The average Bonchev–Trinajstić information content (AvgIpc) is 2.56. The van der Waals surface area contributed by atoms with Crippen LogP contribution in [0.3, 0.4) is 0 Å². The van der Waals surface area contributed by atoms with Gasteiger partial charge in [0.05, 0.1) is 0 Å². The zero-order chi connectivity index (χ0) is 8.55. The Labute approximate surface area is 73.0 Å². The highest BCUT2D eigenvalue weighted by Gasteiger charge is 2.43. The molecule has 2 nitrogen and oxygen atoms in total. The van der Waals surface area contributed by atoms with Crippen LogP contribution >= 0.6 is 0 Å². The second-order valence-corrected chi connectivity index (χ2v) is 3.84. The van der Waals surface area contributed by atoms with Gasteiger partial charge in [0.15, 0.2) is 0 Å². The van der Waals surface area contributed by atoms with E-state index in [1.807, 2.05) is 6.08 Å². The van der Waals surface area contributed by atoms with Crippen LogP contribution in [0.15, 0.2) is 12.7 Å². The number of carbonyl (C=O) groups is 1. The van der Waals surface area contributed by atoms with Crippen molar-refractivity contribution in [2.24, 2.45) is 11.8 Å². The normalized spacial score (nSPS) is 39.3. The molecule has 66 valence electrons. The summed E-state index contributed by atoms with van der Waals surface area (Å²) in [7, 11) is 0. The number of carbonyl (C=O) groups excluding carboxylic acids is 1. The Morgan fingerprint density at radius 1 is 1.58 bits per heavy atom. The number of hydrogen-bond donors (Lipinski definition) is 1. The third-order valence-corrected chi connectivity index (χ3v) is 3.17. The molecule has 0 aromatic carbocycles. The Bertz CT molecular complexity index is 212. The lowest BCUT2D eigenvalue weighted by Gasteiger charge is -2.12. The van der Waals surface area contributed by atoms with Crippen molar-refractivity contribution in [3.63, 3.8) is 0 Å². The monoisotopic (exact) mass is 165 g/mol. The minimum absolute atomic E-state index is 0.231. The quantitative estimate of drug-likeness (QED) is 0.617. The molecule has 1 aliphatic heterocycles. The SMILES string of the molecule is C=CC[C@H]1C(=O)N[C@H]2CCC[C@@H]21. The molecule has 2 aliphatic rings. The number of hydrogen-bond acceptors (Lipinski definition) is 1. The average molecular weight is 165 g/mol. The van der Waals surface area contributed by atoms with Crippen LogP contribution in [0.5, 0.6) is 0 Å². The first-order valence-electron chi connectivity index (χ1n) is 4.74. The molecule has 2 heteroatoms. The highest BCUT2D eigenvalue weighted by atomic mass is 16.2. The molecule has 0 spiro atoms. The first-order valence-corrected chi connectivity index (χ1v) is 4.74. The van der Waals surface area contributed by atoms with Gasteiger partial charge < -0.3 is 5.32 Å². The van der Waals surface area contributed by atoms with Crippen molar-refractivity contribution in [3.05, 3.63) is 12.7 Å². The van der Waals surface area contributed by atoms with E-state index in [4.69, 9.17) is 0 Å². The van der Waals surface area contributed by atoms with E-state index in [0.29, 0.717) is 12.0 Å². The number of nitrogens with one attached hydrogen (secondary N) is 1. The lowest BCUT2D eigenvalue weighted by atomic mass is 9.89. The topological polar surface area (TPSA) is 29.1 Å². The summed E-state index contributed by atoms with van der Waals surface area (Å²) in [5.41, 5.74) is 0. The van der Waals surface area contributed by atoms with E-state index >= 15 is 0 Å². The number of fused-ring (bicyclic) bond motifs is 1. The number of rotatable bonds is 2. The molecule has 3 atom stereocenters. The van der Waals surface area contributed by atoms with Crippen molar-refractivity contribution >= 4 is 5.91 Å². The molecule has 1 aliphatic carbocycles. The number of amides is 1. The lowest BCUT2D eigenvalue weighted by Crippen LogP contribution is -2.25. The minimum atomic E-state index is 0.231. The molecule has 0 aromatic rings. The van der Waals surface area contributed by atoms with Crippen molar-refractivity contribution in [1.82, 2.24) is 5.32 Å². The largest absolute Gasteiger partial charge is 0.353 e. The summed E-state index contributed by atoms with van der Waals surface area (Å²) in [6, 6.07) is 0.488. The van der Waals surface area contributed by atoms with Gasteiger partial charge in [-0.3, -0.25) is 4.79 Å². The maximum atomic E-state index is 11.4. The van der Waals surface area contributed by atoms with Gasteiger partial charge >= 0.3 is 0 Å². The maximum absolute atomic E-state index is 11.4. The molecule has 1 N–H and O–H groups in total. The minimum Gasteiger partial charge on any atom is -0.353 e. The van der Waals surface area contributed by atoms with Crippen molar-refractivity contribution in [3.8, 4) is 0 Å². The fourth-order valence-corrected chi connectivity index (χ4v) is 2.60. The molecule has 0 aromatic heterocycles. The van der Waals surface area contributed by atoms with Gasteiger partial charge in [-0.2, -0.15) is 0 Å². The summed E-state index contributed by atoms with van der Waals surface area (Å²) in [5, 5.41) is 3.06. The van der Waals surface area contributed by atoms with Crippen LogP contribution < -0.4 is 5.32 Å². The van der Waals surface area contributed by atoms with Crippen LogP contribution in [-0.4, -0.2) is 11.9 Å². The van der Waals surface area contributed by atoms with Gasteiger partial charge in [0.2, 0.25) is 5.91 Å². The highest BCUT2D eigenvalue weighted by molar-refractivity contribution is 5.82. The van der Waals surface area contributed by atoms with E-state index in [1.165, 1.54) is 19.3 Å². The van der Waals surface area contributed by atoms with Crippen LogP contribution in [0.2, 0.25) is 0 Å². The van der Waals surface area contributed by atoms with Gasteiger partial charge in [0, 0.05) is 12.0 Å². The van der Waals surface area contributed by atoms with Gasteiger partial charge in [-0.25, -0.2) is 0 Å². The second kappa shape index (κ2) is 2.92. The van der Waals surface area contributed by atoms with E-state index in [-0.39, 0.29) is 11.8 Å². The summed E-state index contributed by atoms with van der Waals surface area (Å²) in [5.74, 6) is 1.09. The molecule has 0 unspecified atom stereocenters. The lowest BCUT2D eigenvalue weighted by molar-refractivity contribution is -0.123. The molecule has 1 saturated heterocycles. The van der Waals surface area contributed by atoms with Crippen LogP contribution in [0.1, 0.15) is 25.7 Å². The third kappa shape index (κ3) is 1.06. The first kappa shape index (κ1) is 7.84. The van der Waals surface area contributed by atoms with Gasteiger partial charge in [-0.1, -0.05) is 12.5 Å². The van der Waals surface area contributed by atoms with E-state index in [2.05, 4.69) is 11.9 Å². The van der Waals surface area contributed by atoms with Gasteiger partial charge in [0.25, 0.3) is 0 Å². The van der Waals surface area contributed by atoms with Crippen LogP contribution in [0.4, 0.5) is 0 Å². The molecule has 0 radical (unpaired) electrons. The molecule has 1 amide bonds. The fourth-order valence-electron chi connectivity index (χ4n) is 2.60. The number of allylic oxidation sites excluding steroid dienone is 1. The Morgan fingerprint density at radius 3 is 3.17 bits per heavy atom. The summed E-state index contributed by atoms with van der Waals surface area (Å²) in [6.45, 7) is 3.69. The third-order valence-electron chi connectivity index (χ3n) is 3.17. The Hall–Kier alpha value is -0.790. The van der Waals surface area contributed by atoms with Crippen molar-refractivity contribution < 1.29 is 4.79 Å². The van der Waals surface area contributed by atoms with Gasteiger partial charge in [-0.15, -0.1) is 6.58 Å². The Kier molecular flexibility index (Phi) is 1.91. The molecule has 0 bridgehead atoms. The van der Waals surface area contributed by atoms with E-state index in [1.54, 1.807) is 0 Å². The summed E-state index contributed by atoms with van der Waals surface area (Å²) >= 11 is 0. The standard InChI is InChI=1S/C10H15NO/c1-2-4-8-7-5-3-6-9(7)11-10(8)12/h2,7-9H,1,3-6H2,(H,11,12)/t7-,8-,9+/m1/s1. The summed E-state index contributed by atoms with van der Waals surface area (Å²) in [6.07, 6.45) is 6.41. The summed E-state index contributed by atoms with van der Waals surface area (Å²) < 4.78 is 0. The second-order valence-electron chi connectivity index (χ2n) is 3.84. The van der Waals surface area contributed by atoms with Crippen molar-refractivity contribution in [2.45, 2.75) is 31.7 Å². The van der Waals surface area contributed by atoms with Crippen LogP contribution in [-0.2, 0) is 4.79 Å². The smallest absolute Gasteiger partial charge is 0.224 e. The molecular weight excluding hydrogens is 150 g/mol. The molecule has 1 heterocycles. The Morgan fingerprint density at radius 2 is 2.42 bits per heavy atom. The zero-order valence-corrected chi connectivity index (χ0v) is 7.25. The first-order chi connectivity index (χ1) is 5.83. The van der Waals surface area contributed by atoms with Crippen molar-refractivity contribution in [1.29, 1.82) is 0 Å². The van der Waals surface area contributed by atoms with Gasteiger partial charge in [-0.05, 0) is 25.2 Å². The van der Waals surface area contributed by atoms with Crippen LogP contribution in [0.25, 0.3) is 0 Å². The van der Waals surface area contributed by atoms with E-state index in [9.17, 15) is 4.79 Å². The highest BCUT2D eigenvalue weighted by Crippen LogP contribution is 2.38. The fraction of sp³-hybridized carbons (Fsp3) is 0.700. The van der Waals surface area contributed by atoms with E-state index in [0.717, 1.165) is 6.42 Å².